The summed E-state index contributed by atoms with van der Waals surface area (Å²) in [5.74, 6) is 13.5. The van der Waals surface area contributed by atoms with E-state index in [0.29, 0.717) is 0 Å². The Morgan fingerprint density at radius 2 is 0.848 bits per heavy atom. The normalized spacial score (nSPS) is 10.7. The van der Waals surface area contributed by atoms with E-state index in [-0.39, 0.29) is 0 Å². The van der Waals surface area contributed by atoms with Crippen molar-refractivity contribution in [3.63, 3.8) is 0 Å². The van der Waals surface area contributed by atoms with Gasteiger partial charge in [0.25, 0.3) is 0 Å². The van der Waals surface area contributed by atoms with E-state index in [1.54, 1.807) is 22.7 Å². The third kappa shape index (κ3) is 6.99. The van der Waals surface area contributed by atoms with Crippen LogP contribution in [-0.4, -0.2) is 0 Å². The predicted molar refractivity (Wildman–Crippen MR) is 219 cm³/mol. The van der Waals surface area contributed by atoms with Crippen LogP contribution in [0.15, 0.2) is 109 Å². The Morgan fingerprint density at radius 1 is 0.435 bits per heavy atom. The summed E-state index contributed by atoms with van der Waals surface area (Å²) in [6.45, 7) is 4.45. The van der Waals surface area contributed by atoms with Crippen LogP contribution in [0.2, 0.25) is 0 Å². The average Bonchev–Trinajstić information content (AvgIpc) is 3.87. The van der Waals surface area contributed by atoms with Crippen molar-refractivity contribution in [2.24, 2.45) is 0 Å². The van der Waals surface area contributed by atoms with E-state index in [4.69, 9.17) is 0 Å². The first-order valence-electron chi connectivity index (χ1n) is 14.5. The fourth-order valence-corrected chi connectivity index (χ4v) is 11.1. The first kappa shape index (κ1) is 31.6. The topological polar surface area (TPSA) is 0 Å². The number of hydrogen-bond donors (Lipinski definition) is 0. The highest BCUT2D eigenvalue weighted by atomic mass is 127. The minimum atomic E-state index is 1.03. The quantitative estimate of drug-likeness (QED) is 0.122. The molecule has 7 rings (SSSR count). The highest BCUT2D eigenvalue weighted by molar-refractivity contribution is 14.1. The van der Waals surface area contributed by atoms with Crippen LogP contribution < -0.4 is 0 Å². The van der Waals surface area contributed by atoms with E-state index in [9.17, 15) is 0 Å². The molecule has 4 heterocycles. The Kier molecular flexibility index (Phi) is 9.65. The van der Waals surface area contributed by atoms with Gasteiger partial charge in [0.05, 0.1) is 15.5 Å². The average molecular weight is 887 g/mol. The molecule has 0 aliphatic rings. The molecule has 0 bridgehead atoms. The molecule has 0 N–H and O–H groups in total. The molecule has 6 heteroatoms. The van der Waals surface area contributed by atoms with Crippen molar-refractivity contribution in [2.75, 3.05) is 0 Å². The molecule has 0 unspecified atom stereocenters. The molecule has 7 aromatic rings. The maximum absolute atomic E-state index is 3.41. The van der Waals surface area contributed by atoms with Crippen molar-refractivity contribution in [2.45, 2.75) is 13.8 Å². The van der Waals surface area contributed by atoms with Crippen LogP contribution >= 0.6 is 90.5 Å². The number of benzene rings is 3. The second kappa shape index (κ2) is 14.0. The molecule has 0 fully saturated rings. The largest absolute Gasteiger partial charge is 0.129 e. The number of thiophene rings is 4. The van der Waals surface area contributed by atoms with Gasteiger partial charge in [0.1, 0.15) is 0 Å². The van der Waals surface area contributed by atoms with Gasteiger partial charge in [0.2, 0.25) is 0 Å². The second-order valence-electron chi connectivity index (χ2n) is 10.6. The molecule has 3 aromatic carbocycles. The van der Waals surface area contributed by atoms with Crippen molar-refractivity contribution >= 4 is 90.5 Å². The molecule has 0 radical (unpaired) electrons. The lowest BCUT2D eigenvalue weighted by atomic mass is 9.93. The van der Waals surface area contributed by atoms with E-state index in [1.165, 1.54) is 58.7 Å². The van der Waals surface area contributed by atoms with Crippen LogP contribution in [0.25, 0.3) is 41.8 Å². The van der Waals surface area contributed by atoms with Crippen LogP contribution in [-0.2, 0) is 0 Å². The van der Waals surface area contributed by atoms with E-state index in [0.717, 1.165) is 20.9 Å². The van der Waals surface area contributed by atoms with Crippen LogP contribution in [0.1, 0.15) is 32.0 Å². The first-order chi connectivity index (χ1) is 22.4. The van der Waals surface area contributed by atoms with Gasteiger partial charge in [-0.2, -0.15) is 0 Å². The van der Waals surface area contributed by atoms with Crippen LogP contribution in [0, 0.1) is 43.3 Å². The number of rotatable bonds is 4. The monoisotopic (exact) mass is 886 g/mol. The number of hydrogen-bond acceptors (Lipinski definition) is 4. The summed E-state index contributed by atoms with van der Waals surface area (Å²) < 4.78 is 2.58. The zero-order valence-electron chi connectivity index (χ0n) is 24.8. The summed E-state index contributed by atoms with van der Waals surface area (Å²) in [4.78, 5) is 7.22. The first-order valence-corrected chi connectivity index (χ1v) is 19.9. The van der Waals surface area contributed by atoms with E-state index < -0.39 is 0 Å². The summed E-state index contributed by atoms with van der Waals surface area (Å²) in [6.07, 6.45) is 0. The predicted octanol–water partition coefficient (Wildman–Crippen LogP) is 13.2. The van der Waals surface area contributed by atoms with Crippen molar-refractivity contribution in [1.29, 1.82) is 0 Å². The Balaban J connectivity index is 1.41. The smallest absolute Gasteiger partial charge is 0.0778 e. The van der Waals surface area contributed by atoms with Gasteiger partial charge in [-0.05, 0) is 143 Å². The SMILES string of the molecule is Cc1cc(I)sc1-c1cc(-c2ccc(C#Cc3ccccc3)s2)c(-c2sc(I)cc2C)cc1-c1ccc(C#Cc2ccccc2)s1. The fraction of sp³-hybridized carbons (Fsp3) is 0.0500. The molecule has 222 valence electrons. The Labute approximate surface area is 313 Å². The maximum Gasteiger partial charge on any atom is 0.0778 e. The molecular weight excluding hydrogens is 863 g/mol. The second-order valence-corrected chi connectivity index (χ2v) is 18.7. The fourth-order valence-electron chi connectivity index (χ4n) is 5.21. The molecule has 0 aliphatic carbocycles. The van der Waals surface area contributed by atoms with Crippen molar-refractivity contribution < 1.29 is 0 Å². The Morgan fingerprint density at radius 3 is 1.22 bits per heavy atom. The van der Waals surface area contributed by atoms with Gasteiger partial charge in [-0.25, -0.2) is 0 Å². The molecule has 0 saturated carbocycles. The molecule has 0 amide bonds. The van der Waals surface area contributed by atoms with Gasteiger partial charge in [-0.15, -0.1) is 45.3 Å². The van der Waals surface area contributed by atoms with Gasteiger partial charge in [0, 0.05) is 52.9 Å². The van der Waals surface area contributed by atoms with Gasteiger partial charge >= 0.3 is 0 Å². The molecule has 0 aliphatic heterocycles. The highest BCUT2D eigenvalue weighted by Crippen LogP contribution is 2.49. The highest BCUT2D eigenvalue weighted by Gasteiger charge is 2.22. The summed E-state index contributed by atoms with van der Waals surface area (Å²) in [5, 5.41) is 0. The van der Waals surface area contributed by atoms with Crippen molar-refractivity contribution in [1.82, 2.24) is 0 Å². The van der Waals surface area contributed by atoms with Gasteiger partial charge in [-0.1, -0.05) is 60.1 Å². The summed E-state index contributed by atoms with van der Waals surface area (Å²) in [6, 6.07) is 38.6. The van der Waals surface area contributed by atoms with Gasteiger partial charge in [-0.3, -0.25) is 0 Å². The molecule has 4 aromatic heterocycles. The minimum Gasteiger partial charge on any atom is -0.129 e. The zero-order valence-corrected chi connectivity index (χ0v) is 32.4. The third-order valence-corrected chi connectivity index (χ3v) is 13.5. The Hall–Kier alpha value is -2.96. The molecule has 46 heavy (non-hydrogen) atoms. The van der Waals surface area contributed by atoms with Crippen molar-refractivity contribution in [3.8, 4) is 65.4 Å². The van der Waals surface area contributed by atoms with Gasteiger partial charge < -0.3 is 0 Å². The van der Waals surface area contributed by atoms with Crippen LogP contribution in [0.3, 0.4) is 0 Å². The minimum absolute atomic E-state index is 1.03. The Bertz CT molecular complexity index is 2140. The lowest BCUT2D eigenvalue weighted by Gasteiger charge is -2.16. The zero-order chi connectivity index (χ0) is 31.6. The van der Waals surface area contributed by atoms with Crippen LogP contribution in [0.5, 0.6) is 0 Å². The molecular formula is C40H24I2S4. The number of halogens is 2. The standard InChI is InChI=1S/C40H24I2S4/c1-25-21-37(41)45-39(25)33-23-32(36-20-18-30(44-36)16-14-28-11-7-4-8-12-28)34(40-26(2)22-38(42)46-40)24-31(33)35-19-17-29(43-35)15-13-27-9-5-3-6-10-27/h3-12,17-24H,1-2H3. The summed E-state index contributed by atoms with van der Waals surface area (Å²) in [5.41, 5.74) is 9.70. The van der Waals surface area contributed by atoms with E-state index in [1.807, 2.05) is 59.1 Å². The third-order valence-electron chi connectivity index (χ3n) is 7.37. The molecule has 0 spiro atoms. The van der Waals surface area contributed by atoms with Crippen LogP contribution in [0.4, 0.5) is 0 Å². The molecule has 0 nitrogen and oxygen atoms in total. The van der Waals surface area contributed by atoms with Crippen molar-refractivity contribution in [3.05, 3.63) is 147 Å². The maximum atomic E-state index is 3.41. The summed E-state index contributed by atoms with van der Waals surface area (Å²) >= 11 is 12.2. The lowest BCUT2D eigenvalue weighted by Crippen LogP contribution is -1.90. The van der Waals surface area contributed by atoms with E-state index >= 15 is 0 Å². The lowest BCUT2D eigenvalue weighted by molar-refractivity contribution is 1.51. The molecule has 0 saturated heterocycles. The van der Waals surface area contributed by atoms with E-state index in [2.05, 4.69) is 156 Å². The summed E-state index contributed by atoms with van der Waals surface area (Å²) in [7, 11) is 0. The number of aryl methyl sites for hydroxylation is 2. The molecule has 0 atom stereocenters. The van der Waals surface area contributed by atoms with Gasteiger partial charge in [0.15, 0.2) is 0 Å².